The first-order chi connectivity index (χ1) is 7.08. The zero-order chi connectivity index (χ0) is 11.0. The van der Waals surface area contributed by atoms with Crippen LogP contribution in [0.5, 0.6) is 0 Å². The molecule has 15 heavy (non-hydrogen) atoms. The summed E-state index contributed by atoms with van der Waals surface area (Å²) in [6, 6.07) is 4.87. The molecule has 2 unspecified atom stereocenters. The second-order valence-electron chi connectivity index (χ2n) is 4.56. The lowest BCUT2D eigenvalue weighted by molar-refractivity contribution is 0.617. The number of anilines is 2. The molecule has 0 radical (unpaired) electrons. The van der Waals surface area contributed by atoms with Crippen LogP contribution in [0.15, 0.2) is 18.2 Å². The first-order valence-electron chi connectivity index (χ1n) is 5.34. The van der Waals surface area contributed by atoms with Crippen molar-refractivity contribution >= 4 is 11.4 Å². The summed E-state index contributed by atoms with van der Waals surface area (Å²) >= 11 is 0. The minimum absolute atomic E-state index is 0.231. The van der Waals surface area contributed by atoms with Gasteiger partial charge in [0.2, 0.25) is 0 Å². The van der Waals surface area contributed by atoms with Crippen molar-refractivity contribution in [1.29, 1.82) is 0 Å². The van der Waals surface area contributed by atoms with Gasteiger partial charge in [-0.2, -0.15) is 0 Å². The average molecular weight is 208 g/mol. The molecule has 2 N–H and O–H groups in total. The molecule has 2 atom stereocenters. The van der Waals surface area contributed by atoms with Crippen LogP contribution in [0, 0.1) is 17.7 Å². The Morgan fingerprint density at radius 3 is 2.73 bits per heavy atom. The number of nitrogens with zero attached hydrogens (tertiary/aromatic N) is 1. The van der Waals surface area contributed by atoms with Crippen molar-refractivity contribution < 1.29 is 4.39 Å². The van der Waals surface area contributed by atoms with E-state index in [0.29, 0.717) is 11.4 Å². The summed E-state index contributed by atoms with van der Waals surface area (Å²) in [5.74, 6) is 1.29. The number of halogens is 1. The molecule has 0 aliphatic heterocycles. The van der Waals surface area contributed by atoms with Crippen molar-refractivity contribution in [3.05, 3.63) is 24.0 Å². The largest absolute Gasteiger partial charge is 0.399 e. The van der Waals surface area contributed by atoms with Crippen LogP contribution in [0.2, 0.25) is 0 Å². The van der Waals surface area contributed by atoms with E-state index in [9.17, 15) is 4.39 Å². The second kappa shape index (κ2) is 3.72. The van der Waals surface area contributed by atoms with Crippen molar-refractivity contribution in [2.24, 2.45) is 11.8 Å². The predicted molar refractivity (Wildman–Crippen MR) is 61.4 cm³/mol. The van der Waals surface area contributed by atoms with E-state index in [1.165, 1.54) is 12.5 Å². The Kier molecular flexibility index (Phi) is 2.55. The summed E-state index contributed by atoms with van der Waals surface area (Å²) in [4.78, 5) is 1.98. The first kappa shape index (κ1) is 10.3. The molecule has 1 aromatic rings. The molecule has 3 heteroatoms. The Morgan fingerprint density at radius 2 is 2.20 bits per heavy atom. The van der Waals surface area contributed by atoms with E-state index in [1.807, 2.05) is 11.9 Å². The van der Waals surface area contributed by atoms with Crippen LogP contribution in [0.4, 0.5) is 15.8 Å². The summed E-state index contributed by atoms with van der Waals surface area (Å²) in [6.07, 6.45) is 1.26. The summed E-state index contributed by atoms with van der Waals surface area (Å²) in [6.45, 7) is 3.17. The molecule has 1 aliphatic rings. The van der Waals surface area contributed by atoms with Crippen LogP contribution >= 0.6 is 0 Å². The third kappa shape index (κ3) is 2.22. The summed E-state index contributed by atoms with van der Waals surface area (Å²) in [7, 11) is 1.93. The molecule has 2 nitrogen and oxygen atoms in total. The van der Waals surface area contributed by atoms with Crippen LogP contribution in [-0.4, -0.2) is 13.6 Å². The Hall–Kier alpha value is -1.25. The Balaban J connectivity index is 2.07. The summed E-state index contributed by atoms with van der Waals surface area (Å²) in [5, 5.41) is 0. The summed E-state index contributed by atoms with van der Waals surface area (Å²) in [5.41, 5.74) is 6.62. The molecule has 0 bridgehead atoms. The fourth-order valence-electron chi connectivity index (χ4n) is 1.94. The van der Waals surface area contributed by atoms with Gasteiger partial charge in [-0.3, -0.25) is 0 Å². The lowest BCUT2D eigenvalue weighted by Crippen LogP contribution is -2.21. The third-order valence-corrected chi connectivity index (χ3v) is 3.17. The van der Waals surface area contributed by atoms with Gasteiger partial charge in [-0.25, -0.2) is 4.39 Å². The highest BCUT2D eigenvalue weighted by Crippen LogP contribution is 2.38. The highest BCUT2D eigenvalue weighted by molar-refractivity contribution is 5.54. The van der Waals surface area contributed by atoms with Crippen molar-refractivity contribution in [1.82, 2.24) is 0 Å². The van der Waals surface area contributed by atoms with E-state index in [1.54, 1.807) is 12.1 Å². The van der Waals surface area contributed by atoms with E-state index < -0.39 is 0 Å². The minimum atomic E-state index is -0.231. The quantitative estimate of drug-likeness (QED) is 0.773. The van der Waals surface area contributed by atoms with Crippen LogP contribution in [0.1, 0.15) is 13.3 Å². The third-order valence-electron chi connectivity index (χ3n) is 3.17. The topological polar surface area (TPSA) is 29.3 Å². The molecule has 1 saturated carbocycles. The summed E-state index contributed by atoms with van der Waals surface area (Å²) < 4.78 is 13.5. The molecule has 1 aliphatic carbocycles. The van der Waals surface area contributed by atoms with Gasteiger partial charge in [-0.15, -0.1) is 0 Å². The van der Waals surface area contributed by atoms with Gasteiger partial charge in [-0.05, 0) is 36.5 Å². The van der Waals surface area contributed by atoms with E-state index in [4.69, 9.17) is 5.73 Å². The number of benzene rings is 1. The van der Waals surface area contributed by atoms with Crippen molar-refractivity contribution in [2.75, 3.05) is 24.2 Å². The molecule has 0 aromatic heterocycles. The van der Waals surface area contributed by atoms with Crippen LogP contribution in [0.25, 0.3) is 0 Å². The molecule has 0 saturated heterocycles. The number of nitrogens with two attached hydrogens (primary N) is 1. The first-order valence-corrected chi connectivity index (χ1v) is 5.34. The van der Waals surface area contributed by atoms with E-state index >= 15 is 0 Å². The SMILES string of the molecule is CC1CC1CN(C)c1ccc(N)cc1F. The maximum atomic E-state index is 13.5. The van der Waals surface area contributed by atoms with Crippen molar-refractivity contribution in [2.45, 2.75) is 13.3 Å². The van der Waals surface area contributed by atoms with Crippen molar-refractivity contribution in [3.63, 3.8) is 0 Å². The van der Waals surface area contributed by atoms with Crippen LogP contribution < -0.4 is 10.6 Å². The van der Waals surface area contributed by atoms with Gasteiger partial charge in [0.05, 0.1) is 5.69 Å². The number of nitrogen functional groups attached to an aromatic ring is 1. The number of hydrogen-bond donors (Lipinski definition) is 1. The highest BCUT2D eigenvalue weighted by atomic mass is 19.1. The second-order valence-corrected chi connectivity index (χ2v) is 4.56. The standard InChI is InChI=1S/C12H17FN2/c1-8-5-9(8)7-15(2)12-4-3-10(14)6-11(12)13/h3-4,6,8-9H,5,7,14H2,1-2H3. The van der Waals surface area contributed by atoms with Gasteiger partial charge in [0.1, 0.15) is 5.82 Å². The number of rotatable bonds is 3. The van der Waals surface area contributed by atoms with Gasteiger partial charge in [0.15, 0.2) is 0 Å². The number of hydrogen-bond acceptors (Lipinski definition) is 2. The van der Waals surface area contributed by atoms with Crippen LogP contribution in [0.3, 0.4) is 0 Å². The van der Waals surface area contributed by atoms with Gasteiger partial charge in [-0.1, -0.05) is 6.92 Å². The molecule has 82 valence electrons. The van der Waals surface area contributed by atoms with E-state index in [2.05, 4.69) is 6.92 Å². The van der Waals surface area contributed by atoms with Gasteiger partial charge >= 0.3 is 0 Å². The molecule has 1 aromatic carbocycles. The molecule has 0 spiro atoms. The molecular formula is C12H17FN2. The van der Waals surface area contributed by atoms with E-state index in [-0.39, 0.29) is 5.82 Å². The Labute approximate surface area is 89.9 Å². The lowest BCUT2D eigenvalue weighted by Gasteiger charge is -2.20. The average Bonchev–Trinajstić information content (AvgIpc) is 2.81. The Morgan fingerprint density at radius 1 is 1.53 bits per heavy atom. The zero-order valence-electron chi connectivity index (χ0n) is 9.20. The molecule has 2 rings (SSSR count). The van der Waals surface area contributed by atoms with Gasteiger partial charge in [0, 0.05) is 19.3 Å². The predicted octanol–water partition coefficient (Wildman–Crippen LogP) is 2.50. The highest BCUT2D eigenvalue weighted by Gasteiger charge is 2.33. The maximum absolute atomic E-state index is 13.5. The molecule has 1 fully saturated rings. The van der Waals surface area contributed by atoms with E-state index in [0.717, 1.165) is 18.4 Å². The van der Waals surface area contributed by atoms with Crippen LogP contribution in [-0.2, 0) is 0 Å². The molecule has 0 amide bonds. The maximum Gasteiger partial charge on any atom is 0.148 e. The smallest absolute Gasteiger partial charge is 0.148 e. The van der Waals surface area contributed by atoms with Crippen molar-refractivity contribution in [3.8, 4) is 0 Å². The molecule has 0 heterocycles. The van der Waals surface area contributed by atoms with Gasteiger partial charge < -0.3 is 10.6 Å². The normalized spacial score (nSPS) is 23.9. The lowest BCUT2D eigenvalue weighted by atomic mass is 10.2. The molecular weight excluding hydrogens is 191 g/mol. The zero-order valence-corrected chi connectivity index (χ0v) is 9.20. The fraction of sp³-hybridized carbons (Fsp3) is 0.500. The van der Waals surface area contributed by atoms with Gasteiger partial charge in [0.25, 0.3) is 0 Å². The minimum Gasteiger partial charge on any atom is -0.399 e. The fourth-order valence-corrected chi connectivity index (χ4v) is 1.94. The Bertz CT molecular complexity index is 365. The monoisotopic (exact) mass is 208 g/mol.